The maximum Gasteiger partial charge on any atom is 0.253 e. The summed E-state index contributed by atoms with van der Waals surface area (Å²) in [7, 11) is 0. The number of primary amides is 1. The minimum Gasteiger partial charge on any atom is -0.368 e. The molecule has 0 bridgehead atoms. The van der Waals surface area contributed by atoms with Crippen LogP contribution in [0.1, 0.15) is 0 Å². The Hall–Kier alpha value is -1.26. The van der Waals surface area contributed by atoms with Crippen molar-refractivity contribution in [3.63, 3.8) is 0 Å². The Morgan fingerprint density at radius 2 is 2.31 bits per heavy atom. The number of nitrogens with zero attached hydrogens (tertiary/aromatic N) is 1. The Morgan fingerprint density at radius 3 is 2.85 bits per heavy atom. The van der Waals surface area contributed by atoms with Crippen molar-refractivity contribution < 1.29 is 14.4 Å². The highest BCUT2D eigenvalue weighted by atomic mass is 32.2. The van der Waals surface area contributed by atoms with Crippen LogP contribution in [0.4, 0.5) is 0 Å². The number of hydroxylamine groups is 1. The number of hydrogen-bond donors (Lipinski definition) is 2. The smallest absolute Gasteiger partial charge is 0.253 e. The molecule has 3 N–H and O–H groups in total. The summed E-state index contributed by atoms with van der Waals surface area (Å²) in [5.41, 5.74) is 6.74. The van der Waals surface area contributed by atoms with Crippen LogP contribution in [-0.2, 0) is 14.4 Å². The molecular weight excluding hydrogens is 194 g/mol. The molecule has 6 nitrogen and oxygen atoms in total. The molecule has 0 saturated heterocycles. The van der Waals surface area contributed by atoms with E-state index in [1.54, 1.807) is 0 Å². The number of carbonyl (C=O) groups excluding carboxylic acids is 2. The van der Waals surface area contributed by atoms with Gasteiger partial charge in [-0.1, -0.05) is 0 Å². The van der Waals surface area contributed by atoms with Crippen LogP contribution in [0.3, 0.4) is 0 Å². The van der Waals surface area contributed by atoms with Gasteiger partial charge < -0.3 is 5.73 Å². The van der Waals surface area contributed by atoms with Crippen LogP contribution in [-0.4, -0.2) is 29.9 Å². The Bertz CT molecular complexity index is 226. The average molecular weight is 203 g/mol. The molecule has 0 atom stereocenters. The molecule has 0 saturated carbocycles. The standard InChI is InChI=1S/C6H9N3O3S/c7-1-2-13-4-6(11)9-12-3-5(8)10/h2-4H2,(H2,8,10)(H,9,11). The van der Waals surface area contributed by atoms with E-state index in [1.807, 2.05) is 11.5 Å². The fourth-order valence-electron chi connectivity index (χ4n) is 0.407. The number of rotatable bonds is 6. The first-order chi connectivity index (χ1) is 6.16. The normalized spacial score (nSPS) is 8.85. The summed E-state index contributed by atoms with van der Waals surface area (Å²) >= 11 is 1.15. The Labute approximate surface area is 79.4 Å². The number of nitriles is 1. The third kappa shape index (κ3) is 8.65. The van der Waals surface area contributed by atoms with Crippen molar-refractivity contribution in [1.29, 1.82) is 5.26 Å². The SMILES string of the molecule is N#CCSCC(=O)NOCC(N)=O. The van der Waals surface area contributed by atoms with Crippen LogP contribution in [0.5, 0.6) is 0 Å². The first kappa shape index (κ1) is 11.7. The summed E-state index contributed by atoms with van der Waals surface area (Å²) in [6.07, 6.45) is 0. The fraction of sp³-hybridized carbons (Fsp3) is 0.500. The highest BCUT2D eigenvalue weighted by Gasteiger charge is 2.01. The molecule has 0 rings (SSSR count). The largest absolute Gasteiger partial charge is 0.368 e. The van der Waals surface area contributed by atoms with Gasteiger partial charge in [-0.15, -0.1) is 11.8 Å². The molecule has 13 heavy (non-hydrogen) atoms. The molecular formula is C6H9N3O3S. The van der Waals surface area contributed by atoms with Gasteiger partial charge >= 0.3 is 0 Å². The summed E-state index contributed by atoms with van der Waals surface area (Å²) in [6, 6.07) is 1.87. The summed E-state index contributed by atoms with van der Waals surface area (Å²) in [5.74, 6) is -0.707. The third-order valence-electron chi connectivity index (χ3n) is 0.800. The lowest BCUT2D eigenvalue weighted by molar-refractivity contribution is -0.135. The molecule has 0 heterocycles. The van der Waals surface area contributed by atoms with E-state index < -0.39 is 11.8 Å². The number of amides is 2. The summed E-state index contributed by atoms with van der Waals surface area (Å²) < 4.78 is 0. The first-order valence-electron chi connectivity index (χ1n) is 3.30. The van der Waals surface area contributed by atoms with Crippen molar-refractivity contribution in [1.82, 2.24) is 5.48 Å². The van der Waals surface area contributed by atoms with Crippen molar-refractivity contribution in [3.05, 3.63) is 0 Å². The molecule has 0 aromatic carbocycles. The molecule has 72 valence electrons. The van der Waals surface area contributed by atoms with Crippen LogP contribution in [0, 0.1) is 11.3 Å². The zero-order chi connectivity index (χ0) is 10.1. The molecule has 2 amide bonds. The topological polar surface area (TPSA) is 105 Å². The zero-order valence-electron chi connectivity index (χ0n) is 6.78. The van der Waals surface area contributed by atoms with E-state index in [2.05, 4.69) is 4.84 Å². The third-order valence-corrected chi connectivity index (χ3v) is 1.60. The number of hydrogen-bond acceptors (Lipinski definition) is 5. The molecule has 0 fully saturated rings. The molecule has 0 radical (unpaired) electrons. The Balaban J connectivity index is 3.31. The molecule has 0 unspecified atom stereocenters. The predicted octanol–water partition coefficient (Wildman–Crippen LogP) is -1.22. The van der Waals surface area contributed by atoms with Crippen molar-refractivity contribution >= 4 is 23.6 Å². The van der Waals surface area contributed by atoms with E-state index in [0.717, 1.165) is 11.8 Å². The maximum absolute atomic E-state index is 10.8. The van der Waals surface area contributed by atoms with Crippen molar-refractivity contribution in [2.75, 3.05) is 18.1 Å². The Morgan fingerprint density at radius 1 is 1.62 bits per heavy atom. The summed E-state index contributed by atoms with van der Waals surface area (Å²) in [6.45, 7) is -0.353. The molecule has 0 aromatic heterocycles. The first-order valence-corrected chi connectivity index (χ1v) is 4.46. The van der Waals surface area contributed by atoms with E-state index >= 15 is 0 Å². The lowest BCUT2D eigenvalue weighted by Crippen LogP contribution is -2.30. The lowest BCUT2D eigenvalue weighted by atomic mass is 10.7. The van der Waals surface area contributed by atoms with Gasteiger partial charge in [0.2, 0.25) is 5.91 Å². The molecule has 0 aliphatic carbocycles. The molecule has 0 spiro atoms. The summed E-state index contributed by atoms with van der Waals surface area (Å²) in [4.78, 5) is 25.3. The van der Waals surface area contributed by atoms with Crippen LogP contribution < -0.4 is 11.2 Å². The minimum atomic E-state index is -0.662. The maximum atomic E-state index is 10.8. The van der Waals surface area contributed by atoms with Gasteiger partial charge in [-0.2, -0.15) is 5.26 Å². The van der Waals surface area contributed by atoms with Gasteiger partial charge in [-0.05, 0) is 0 Å². The molecule has 0 aromatic rings. The second-order valence-corrected chi connectivity index (χ2v) is 2.92. The van der Waals surface area contributed by atoms with E-state index in [9.17, 15) is 9.59 Å². The van der Waals surface area contributed by atoms with Crippen molar-refractivity contribution in [2.24, 2.45) is 5.73 Å². The van der Waals surface area contributed by atoms with Gasteiger partial charge in [0.25, 0.3) is 5.91 Å². The van der Waals surface area contributed by atoms with Crippen LogP contribution in [0.25, 0.3) is 0 Å². The Kier molecular flexibility index (Phi) is 6.68. The number of nitrogens with two attached hydrogens (primary N) is 1. The van der Waals surface area contributed by atoms with E-state index in [1.165, 1.54) is 0 Å². The highest BCUT2D eigenvalue weighted by Crippen LogP contribution is 1.96. The molecule has 0 aliphatic rings. The van der Waals surface area contributed by atoms with Crippen molar-refractivity contribution in [2.45, 2.75) is 0 Å². The quantitative estimate of drug-likeness (QED) is 0.415. The average Bonchev–Trinajstić information content (AvgIpc) is 2.04. The minimum absolute atomic E-state index is 0.117. The number of carbonyl (C=O) groups is 2. The fourth-order valence-corrected chi connectivity index (χ4v) is 0.844. The van der Waals surface area contributed by atoms with Gasteiger partial charge in [0, 0.05) is 0 Å². The van der Waals surface area contributed by atoms with Gasteiger partial charge in [0.1, 0.15) is 0 Å². The second kappa shape index (κ2) is 7.39. The van der Waals surface area contributed by atoms with E-state index in [0.29, 0.717) is 0 Å². The zero-order valence-corrected chi connectivity index (χ0v) is 7.60. The van der Waals surface area contributed by atoms with Gasteiger partial charge in [-0.25, -0.2) is 5.48 Å². The lowest BCUT2D eigenvalue weighted by Gasteiger charge is -2.01. The molecule has 0 aliphatic heterocycles. The molecule has 7 heteroatoms. The van der Waals surface area contributed by atoms with Crippen LogP contribution in [0.2, 0.25) is 0 Å². The predicted molar refractivity (Wildman–Crippen MR) is 46.2 cm³/mol. The number of thioether (sulfide) groups is 1. The monoisotopic (exact) mass is 203 g/mol. The highest BCUT2D eigenvalue weighted by molar-refractivity contribution is 8.00. The van der Waals surface area contributed by atoms with Crippen LogP contribution in [0.15, 0.2) is 0 Å². The van der Waals surface area contributed by atoms with Crippen LogP contribution >= 0.6 is 11.8 Å². The van der Waals surface area contributed by atoms with Gasteiger partial charge in [0.05, 0.1) is 17.6 Å². The second-order valence-electron chi connectivity index (χ2n) is 1.93. The van der Waals surface area contributed by atoms with Gasteiger partial charge in [-0.3, -0.25) is 14.4 Å². The van der Waals surface area contributed by atoms with Crippen molar-refractivity contribution in [3.8, 4) is 6.07 Å². The van der Waals surface area contributed by atoms with E-state index in [-0.39, 0.29) is 18.1 Å². The van der Waals surface area contributed by atoms with E-state index in [4.69, 9.17) is 11.0 Å². The number of nitrogens with one attached hydrogen (secondary N) is 1. The summed E-state index contributed by atoms with van der Waals surface area (Å²) in [5, 5.41) is 8.13. The van der Waals surface area contributed by atoms with Gasteiger partial charge in [0.15, 0.2) is 6.61 Å².